The fourth-order valence-electron chi connectivity index (χ4n) is 3.44. The standard InChI is InChI=1S/C21H28N2O4S2/c1-4-5-19-7-10-20(11-8-19)28(24,25)22-12-14-23(15-13-22)29(26,27)21-9-6-17(2)18(3)16-21/h6-11,16H,4-5,12-15H2,1-3H3. The summed E-state index contributed by atoms with van der Waals surface area (Å²) in [6.45, 7) is 6.46. The van der Waals surface area contributed by atoms with Gasteiger partial charge in [0, 0.05) is 26.2 Å². The van der Waals surface area contributed by atoms with E-state index in [0.717, 1.165) is 29.5 Å². The van der Waals surface area contributed by atoms with Crippen LogP contribution in [0.5, 0.6) is 0 Å². The minimum atomic E-state index is -3.63. The van der Waals surface area contributed by atoms with Crippen molar-refractivity contribution >= 4 is 20.0 Å². The van der Waals surface area contributed by atoms with Gasteiger partial charge in [0.2, 0.25) is 20.0 Å². The summed E-state index contributed by atoms with van der Waals surface area (Å²) >= 11 is 0. The monoisotopic (exact) mass is 436 g/mol. The van der Waals surface area contributed by atoms with Crippen LogP contribution in [-0.2, 0) is 26.5 Å². The van der Waals surface area contributed by atoms with Crippen molar-refractivity contribution in [1.82, 2.24) is 8.61 Å². The summed E-state index contributed by atoms with van der Waals surface area (Å²) in [6, 6.07) is 12.0. The maximum absolute atomic E-state index is 12.9. The molecule has 0 N–H and O–H groups in total. The predicted molar refractivity (Wildman–Crippen MR) is 114 cm³/mol. The maximum atomic E-state index is 12.9. The first-order valence-electron chi connectivity index (χ1n) is 9.83. The van der Waals surface area contributed by atoms with Crippen LogP contribution in [0.4, 0.5) is 0 Å². The molecule has 0 aromatic heterocycles. The summed E-state index contributed by atoms with van der Waals surface area (Å²) in [5.74, 6) is 0. The molecule has 0 aliphatic carbocycles. The average Bonchev–Trinajstić information content (AvgIpc) is 2.71. The Morgan fingerprint density at radius 1 is 0.724 bits per heavy atom. The molecule has 1 aliphatic heterocycles. The van der Waals surface area contributed by atoms with Crippen LogP contribution in [0.2, 0.25) is 0 Å². The lowest BCUT2D eigenvalue weighted by molar-refractivity contribution is 0.273. The molecule has 0 bridgehead atoms. The highest BCUT2D eigenvalue weighted by Gasteiger charge is 2.33. The predicted octanol–water partition coefficient (Wildman–Crippen LogP) is 2.95. The van der Waals surface area contributed by atoms with E-state index in [0.29, 0.717) is 0 Å². The molecule has 0 atom stereocenters. The van der Waals surface area contributed by atoms with E-state index >= 15 is 0 Å². The fraction of sp³-hybridized carbons (Fsp3) is 0.429. The molecular weight excluding hydrogens is 408 g/mol. The molecule has 0 saturated carbocycles. The third-order valence-electron chi connectivity index (χ3n) is 5.41. The van der Waals surface area contributed by atoms with Crippen molar-refractivity contribution in [3.8, 4) is 0 Å². The van der Waals surface area contributed by atoms with Crippen molar-refractivity contribution in [2.75, 3.05) is 26.2 Å². The van der Waals surface area contributed by atoms with E-state index < -0.39 is 20.0 Å². The van der Waals surface area contributed by atoms with Crippen LogP contribution in [0.3, 0.4) is 0 Å². The van der Waals surface area contributed by atoms with Gasteiger partial charge in [0.25, 0.3) is 0 Å². The number of hydrogen-bond acceptors (Lipinski definition) is 4. The Morgan fingerprint density at radius 2 is 1.21 bits per heavy atom. The largest absolute Gasteiger partial charge is 0.243 e. The lowest BCUT2D eigenvalue weighted by Gasteiger charge is -2.33. The maximum Gasteiger partial charge on any atom is 0.243 e. The van der Waals surface area contributed by atoms with E-state index in [1.165, 1.54) is 8.61 Å². The van der Waals surface area contributed by atoms with Crippen molar-refractivity contribution in [3.05, 3.63) is 59.2 Å². The molecular formula is C21H28N2O4S2. The van der Waals surface area contributed by atoms with Gasteiger partial charge in [0.1, 0.15) is 0 Å². The summed E-state index contributed by atoms with van der Waals surface area (Å²) in [5, 5.41) is 0. The Morgan fingerprint density at radius 3 is 1.69 bits per heavy atom. The van der Waals surface area contributed by atoms with Gasteiger partial charge in [-0.1, -0.05) is 31.5 Å². The number of rotatable bonds is 6. The van der Waals surface area contributed by atoms with Crippen molar-refractivity contribution in [2.45, 2.75) is 43.4 Å². The Balaban J connectivity index is 1.72. The first-order valence-corrected chi connectivity index (χ1v) is 12.7. The van der Waals surface area contributed by atoms with Gasteiger partial charge in [0.05, 0.1) is 9.79 Å². The first kappa shape index (κ1) is 22.0. The Kier molecular flexibility index (Phi) is 6.48. The molecule has 0 amide bonds. The van der Waals surface area contributed by atoms with Gasteiger partial charge >= 0.3 is 0 Å². The smallest absolute Gasteiger partial charge is 0.207 e. The van der Waals surface area contributed by atoms with Crippen LogP contribution in [0.1, 0.15) is 30.0 Å². The van der Waals surface area contributed by atoms with Gasteiger partial charge in [-0.2, -0.15) is 8.61 Å². The molecule has 2 aromatic rings. The third-order valence-corrected chi connectivity index (χ3v) is 9.22. The van der Waals surface area contributed by atoms with Gasteiger partial charge in [-0.25, -0.2) is 16.8 Å². The second-order valence-corrected chi connectivity index (χ2v) is 11.3. The molecule has 3 rings (SSSR count). The topological polar surface area (TPSA) is 74.8 Å². The number of nitrogens with zero attached hydrogens (tertiary/aromatic N) is 2. The zero-order valence-corrected chi connectivity index (χ0v) is 18.8. The summed E-state index contributed by atoms with van der Waals surface area (Å²) in [4.78, 5) is 0.506. The van der Waals surface area contributed by atoms with Gasteiger partial charge in [-0.05, 0) is 61.2 Å². The number of piperazine rings is 1. The minimum Gasteiger partial charge on any atom is -0.207 e. The molecule has 6 nitrogen and oxygen atoms in total. The van der Waals surface area contributed by atoms with E-state index in [1.54, 1.807) is 30.3 Å². The molecule has 0 unspecified atom stereocenters. The van der Waals surface area contributed by atoms with Gasteiger partial charge in [0.15, 0.2) is 0 Å². The van der Waals surface area contributed by atoms with E-state index in [4.69, 9.17) is 0 Å². The first-order chi connectivity index (χ1) is 13.7. The number of sulfonamides is 2. The number of aryl methyl sites for hydroxylation is 3. The SMILES string of the molecule is CCCc1ccc(S(=O)(=O)N2CCN(S(=O)(=O)c3ccc(C)c(C)c3)CC2)cc1. The molecule has 1 fully saturated rings. The second kappa shape index (κ2) is 8.55. The van der Waals surface area contributed by atoms with Crippen molar-refractivity contribution in [3.63, 3.8) is 0 Å². The van der Waals surface area contributed by atoms with Crippen molar-refractivity contribution < 1.29 is 16.8 Å². The highest BCUT2D eigenvalue weighted by Crippen LogP contribution is 2.23. The summed E-state index contributed by atoms with van der Waals surface area (Å²) in [5.41, 5.74) is 3.05. The van der Waals surface area contributed by atoms with Gasteiger partial charge < -0.3 is 0 Å². The van der Waals surface area contributed by atoms with Crippen LogP contribution in [-0.4, -0.2) is 51.6 Å². The average molecular weight is 437 g/mol. The third kappa shape index (κ3) is 4.55. The van der Waals surface area contributed by atoms with Crippen LogP contribution in [0.15, 0.2) is 52.3 Å². The normalized spacial score (nSPS) is 16.8. The molecule has 29 heavy (non-hydrogen) atoms. The lowest BCUT2D eigenvalue weighted by atomic mass is 10.1. The van der Waals surface area contributed by atoms with Gasteiger partial charge in [-0.15, -0.1) is 0 Å². The molecule has 1 aliphatic rings. The van der Waals surface area contributed by atoms with Crippen LogP contribution < -0.4 is 0 Å². The molecule has 0 spiro atoms. The molecule has 1 saturated heterocycles. The van der Waals surface area contributed by atoms with E-state index in [2.05, 4.69) is 6.92 Å². The molecule has 1 heterocycles. The zero-order valence-electron chi connectivity index (χ0n) is 17.1. The Labute approximate surface area is 174 Å². The quantitative estimate of drug-likeness (QED) is 0.698. The zero-order chi connectivity index (χ0) is 21.2. The molecule has 2 aromatic carbocycles. The van der Waals surface area contributed by atoms with Crippen LogP contribution >= 0.6 is 0 Å². The number of hydrogen-bond donors (Lipinski definition) is 0. The van der Waals surface area contributed by atoms with Crippen LogP contribution in [0, 0.1) is 13.8 Å². The van der Waals surface area contributed by atoms with Crippen LogP contribution in [0.25, 0.3) is 0 Å². The summed E-state index contributed by atoms with van der Waals surface area (Å²) < 4.78 is 54.5. The molecule has 158 valence electrons. The summed E-state index contributed by atoms with van der Waals surface area (Å²) in [6.07, 6.45) is 1.92. The minimum absolute atomic E-state index is 0.141. The fourth-order valence-corrected chi connectivity index (χ4v) is 6.37. The lowest BCUT2D eigenvalue weighted by Crippen LogP contribution is -2.50. The summed E-state index contributed by atoms with van der Waals surface area (Å²) in [7, 11) is -7.26. The Hall–Kier alpha value is -1.74. The van der Waals surface area contributed by atoms with Gasteiger partial charge in [-0.3, -0.25) is 0 Å². The Bertz CT molecular complexity index is 1070. The van der Waals surface area contributed by atoms with E-state index in [1.807, 2.05) is 26.0 Å². The molecule has 8 heteroatoms. The van der Waals surface area contributed by atoms with E-state index in [-0.39, 0.29) is 36.0 Å². The van der Waals surface area contributed by atoms with Crippen molar-refractivity contribution in [2.24, 2.45) is 0 Å². The van der Waals surface area contributed by atoms with Crippen molar-refractivity contribution in [1.29, 1.82) is 0 Å². The highest BCUT2D eigenvalue weighted by molar-refractivity contribution is 7.89. The van der Waals surface area contributed by atoms with E-state index in [9.17, 15) is 16.8 Å². The highest BCUT2D eigenvalue weighted by atomic mass is 32.2. The second-order valence-electron chi connectivity index (χ2n) is 7.45. The molecule has 0 radical (unpaired) electrons. The number of benzene rings is 2.